The Hall–Kier alpha value is -1.68. The number of halogens is 4. The van der Waals surface area contributed by atoms with Crippen molar-refractivity contribution in [3.8, 4) is 11.5 Å². The van der Waals surface area contributed by atoms with Crippen LogP contribution in [-0.4, -0.2) is 30.2 Å². The van der Waals surface area contributed by atoms with Gasteiger partial charge in [0, 0.05) is 16.6 Å². The molecule has 0 saturated heterocycles. The summed E-state index contributed by atoms with van der Waals surface area (Å²) in [6.07, 6.45) is -2.36. The van der Waals surface area contributed by atoms with Crippen molar-refractivity contribution in [2.24, 2.45) is 0 Å². The molecule has 1 heterocycles. The molecule has 2 rings (SSSR count). The van der Waals surface area contributed by atoms with Gasteiger partial charge in [-0.25, -0.2) is 4.39 Å². The van der Waals surface area contributed by atoms with E-state index in [9.17, 15) is 13.2 Å². The number of methoxy groups -OCH3 is 2. The number of nitrogens with zero attached hydrogens (tertiary/aromatic N) is 2. The highest BCUT2D eigenvalue weighted by Crippen LogP contribution is 2.34. The van der Waals surface area contributed by atoms with Gasteiger partial charge in [0.2, 0.25) is 5.89 Å². The minimum absolute atomic E-state index is 0.0743. The monoisotopic (exact) mass is 438 g/mol. The topological polar surface area (TPSA) is 57.4 Å². The average Bonchev–Trinajstić information content (AvgIpc) is 3.03. The molecule has 0 saturated carbocycles. The van der Waals surface area contributed by atoms with Crippen molar-refractivity contribution in [1.82, 2.24) is 10.2 Å². The van der Waals surface area contributed by atoms with Crippen molar-refractivity contribution in [2.75, 3.05) is 20.0 Å². The van der Waals surface area contributed by atoms with Gasteiger partial charge in [-0.05, 0) is 17.7 Å². The first kappa shape index (κ1) is 19.6. The van der Waals surface area contributed by atoms with Crippen LogP contribution in [0.3, 0.4) is 0 Å². The van der Waals surface area contributed by atoms with Crippen molar-refractivity contribution in [3.63, 3.8) is 0 Å². The van der Waals surface area contributed by atoms with Gasteiger partial charge in [-0.15, -0.1) is 10.2 Å². The maximum Gasteiger partial charge on any atom is 0.301 e. The van der Waals surface area contributed by atoms with Crippen LogP contribution in [0.1, 0.15) is 17.9 Å². The van der Waals surface area contributed by atoms with E-state index in [0.717, 1.165) is 21.8 Å². The Morgan fingerprint density at radius 2 is 1.84 bits per heavy atom. The fourth-order valence-corrected chi connectivity index (χ4v) is 3.06. The molecule has 0 unspecified atom stereocenters. The van der Waals surface area contributed by atoms with Gasteiger partial charge >= 0.3 is 6.08 Å². The van der Waals surface area contributed by atoms with Crippen LogP contribution in [-0.2, 0) is 6.42 Å². The zero-order valence-electron chi connectivity index (χ0n) is 13.3. The Morgan fingerprint density at radius 3 is 2.48 bits per heavy atom. The lowest BCUT2D eigenvalue weighted by Gasteiger charge is -2.10. The second-order valence-electron chi connectivity index (χ2n) is 4.70. The summed E-state index contributed by atoms with van der Waals surface area (Å²) < 4.78 is 53.3. The van der Waals surface area contributed by atoms with Gasteiger partial charge < -0.3 is 13.9 Å². The van der Waals surface area contributed by atoms with Crippen LogP contribution >= 0.6 is 27.7 Å². The number of ether oxygens (including phenoxy) is 2. The van der Waals surface area contributed by atoms with E-state index >= 15 is 0 Å². The second kappa shape index (κ2) is 9.14. The van der Waals surface area contributed by atoms with Gasteiger partial charge in [0.25, 0.3) is 5.22 Å². The summed E-state index contributed by atoms with van der Waals surface area (Å²) in [5, 5.41) is 7.90. The molecule has 2 aromatic rings. The highest BCUT2D eigenvalue weighted by atomic mass is 79.9. The van der Waals surface area contributed by atoms with E-state index in [0.29, 0.717) is 23.8 Å². The Morgan fingerprint density at radius 1 is 1.16 bits per heavy atom. The summed E-state index contributed by atoms with van der Waals surface area (Å²) in [6.45, 7) is 0. The molecule has 1 aromatic carbocycles. The second-order valence-corrected chi connectivity index (χ2v) is 6.60. The smallest absolute Gasteiger partial charge is 0.301 e. The lowest BCUT2D eigenvalue weighted by atomic mass is 10.1. The molecule has 0 spiro atoms. The molecule has 0 radical (unpaired) electrons. The van der Waals surface area contributed by atoms with Crippen molar-refractivity contribution in [3.05, 3.63) is 40.0 Å². The third-order valence-corrected chi connectivity index (χ3v) is 4.65. The molecule has 25 heavy (non-hydrogen) atoms. The Balaban J connectivity index is 2.03. The first-order chi connectivity index (χ1) is 11.9. The maximum atomic E-state index is 12.7. The standard InChI is InChI=1S/C15H14BrF3N2O3S/c1-22-11-5-8(9(16)7-12(11)23-2)6-13-20-21-15(24-13)25-4-3-10(17)14(18)19/h5,7H,3-4,6H2,1-2H3. The molecule has 10 heteroatoms. The largest absolute Gasteiger partial charge is 0.493 e. The van der Waals surface area contributed by atoms with Crippen molar-refractivity contribution < 1.29 is 27.1 Å². The minimum atomic E-state index is -2.30. The zero-order valence-corrected chi connectivity index (χ0v) is 15.7. The summed E-state index contributed by atoms with van der Waals surface area (Å²) in [7, 11) is 3.07. The molecule has 0 fully saturated rings. The van der Waals surface area contributed by atoms with Crippen LogP contribution in [0, 0.1) is 0 Å². The zero-order chi connectivity index (χ0) is 18.4. The summed E-state index contributed by atoms with van der Waals surface area (Å²) in [5.41, 5.74) is 0.839. The fourth-order valence-electron chi connectivity index (χ4n) is 1.89. The van der Waals surface area contributed by atoms with Crippen LogP contribution in [0.5, 0.6) is 11.5 Å². The van der Waals surface area contributed by atoms with Crippen LogP contribution in [0.2, 0.25) is 0 Å². The number of benzene rings is 1. The van der Waals surface area contributed by atoms with Gasteiger partial charge in [-0.1, -0.05) is 27.7 Å². The third kappa shape index (κ3) is 5.40. The Labute approximate surface area is 154 Å². The van der Waals surface area contributed by atoms with Gasteiger partial charge in [0.1, 0.15) is 0 Å². The highest BCUT2D eigenvalue weighted by Gasteiger charge is 2.14. The van der Waals surface area contributed by atoms with E-state index in [1.54, 1.807) is 12.1 Å². The number of rotatable bonds is 8. The van der Waals surface area contributed by atoms with Crippen LogP contribution in [0.25, 0.3) is 0 Å². The number of hydrogen-bond donors (Lipinski definition) is 0. The van der Waals surface area contributed by atoms with Gasteiger partial charge in [-0.3, -0.25) is 0 Å². The molecule has 1 aromatic heterocycles. The molecule has 0 atom stereocenters. The minimum Gasteiger partial charge on any atom is -0.493 e. The van der Waals surface area contributed by atoms with E-state index in [1.807, 2.05) is 0 Å². The normalized spacial score (nSPS) is 10.6. The third-order valence-electron chi connectivity index (χ3n) is 3.09. The van der Waals surface area contributed by atoms with Crippen molar-refractivity contribution in [2.45, 2.75) is 18.1 Å². The molecular weight excluding hydrogens is 425 g/mol. The predicted molar refractivity (Wildman–Crippen MR) is 90.0 cm³/mol. The molecule has 0 aliphatic rings. The number of thioether (sulfide) groups is 1. The summed E-state index contributed by atoms with van der Waals surface area (Å²) in [4.78, 5) is 0. The average molecular weight is 439 g/mol. The van der Waals surface area contributed by atoms with E-state index in [1.165, 1.54) is 14.2 Å². The lowest BCUT2D eigenvalue weighted by molar-refractivity contribution is 0.354. The van der Waals surface area contributed by atoms with Crippen LogP contribution in [0.15, 0.2) is 38.2 Å². The Bertz CT molecular complexity index is 766. The molecule has 0 aliphatic heterocycles. The quantitative estimate of drug-likeness (QED) is 0.540. The maximum absolute atomic E-state index is 12.7. The van der Waals surface area contributed by atoms with Crippen LogP contribution in [0.4, 0.5) is 13.2 Å². The van der Waals surface area contributed by atoms with E-state index < -0.39 is 18.3 Å². The molecule has 0 aliphatic carbocycles. The number of hydrogen-bond acceptors (Lipinski definition) is 6. The first-order valence-electron chi connectivity index (χ1n) is 6.99. The van der Waals surface area contributed by atoms with E-state index in [4.69, 9.17) is 13.9 Å². The molecular formula is C15H14BrF3N2O3S. The molecule has 0 N–H and O–H groups in total. The predicted octanol–water partition coefficient (Wildman–Crippen LogP) is 5.00. The van der Waals surface area contributed by atoms with Gasteiger partial charge in [0.15, 0.2) is 17.3 Å². The first-order valence-corrected chi connectivity index (χ1v) is 8.77. The lowest BCUT2D eigenvalue weighted by Crippen LogP contribution is -1.95. The fraction of sp³-hybridized carbons (Fsp3) is 0.333. The van der Waals surface area contributed by atoms with Crippen molar-refractivity contribution >= 4 is 27.7 Å². The van der Waals surface area contributed by atoms with Crippen molar-refractivity contribution in [1.29, 1.82) is 0 Å². The van der Waals surface area contributed by atoms with E-state index in [2.05, 4.69) is 26.1 Å². The molecule has 0 bridgehead atoms. The number of allylic oxidation sites excluding steroid dienone is 1. The molecule has 136 valence electrons. The summed E-state index contributed by atoms with van der Waals surface area (Å²) >= 11 is 4.45. The molecule has 5 nitrogen and oxygen atoms in total. The summed E-state index contributed by atoms with van der Waals surface area (Å²) in [6, 6.07) is 3.55. The van der Waals surface area contributed by atoms with Gasteiger partial charge in [0.05, 0.1) is 20.6 Å². The highest BCUT2D eigenvalue weighted by molar-refractivity contribution is 9.10. The molecule has 0 amide bonds. The number of aromatic nitrogens is 2. The van der Waals surface area contributed by atoms with Gasteiger partial charge in [-0.2, -0.15) is 8.78 Å². The van der Waals surface area contributed by atoms with E-state index in [-0.39, 0.29) is 11.0 Å². The summed E-state index contributed by atoms with van der Waals surface area (Å²) in [5.74, 6) is 0.121. The Kier molecular flexibility index (Phi) is 7.18. The van der Waals surface area contributed by atoms with Crippen LogP contribution < -0.4 is 9.47 Å². The SMILES string of the molecule is COc1cc(Br)c(Cc2nnc(SCCC(F)=C(F)F)o2)cc1OC.